The number of rotatable bonds is 6. The van der Waals surface area contributed by atoms with E-state index in [4.69, 9.17) is 19.5 Å². The van der Waals surface area contributed by atoms with Crippen LogP contribution in [0.15, 0.2) is 24.3 Å². The van der Waals surface area contributed by atoms with E-state index in [2.05, 4.69) is 4.65 Å². The van der Waals surface area contributed by atoms with E-state index in [0.29, 0.717) is 6.61 Å². The Morgan fingerprint density at radius 3 is 2.40 bits per heavy atom. The number of ether oxygens (including phenoxy) is 2. The Labute approximate surface area is 88.4 Å². The van der Waals surface area contributed by atoms with Gasteiger partial charge in [0.2, 0.25) is 0 Å². The normalized spacial score (nSPS) is 10.1. The van der Waals surface area contributed by atoms with Crippen LogP contribution >= 0.6 is 0 Å². The summed E-state index contributed by atoms with van der Waals surface area (Å²) in [6.07, 6.45) is 0. The molecule has 0 saturated carbocycles. The van der Waals surface area contributed by atoms with Crippen LogP contribution in [0, 0.1) is 0 Å². The van der Waals surface area contributed by atoms with E-state index >= 15 is 0 Å². The van der Waals surface area contributed by atoms with Gasteiger partial charge in [-0.2, -0.15) is 0 Å². The molecule has 1 aromatic rings. The van der Waals surface area contributed by atoms with Gasteiger partial charge < -0.3 is 24.2 Å². The SMILES string of the molecule is COc1ccc(COCOB(O)O)cc1. The summed E-state index contributed by atoms with van der Waals surface area (Å²) in [5, 5.41) is 16.7. The summed E-state index contributed by atoms with van der Waals surface area (Å²) in [4.78, 5) is 0. The number of hydrogen-bond donors (Lipinski definition) is 2. The molecule has 0 aliphatic heterocycles. The molecule has 6 heteroatoms. The van der Waals surface area contributed by atoms with Gasteiger partial charge >= 0.3 is 7.32 Å². The van der Waals surface area contributed by atoms with Crippen LogP contribution in [0.2, 0.25) is 0 Å². The Bertz CT molecular complexity index is 274. The molecule has 2 N–H and O–H groups in total. The van der Waals surface area contributed by atoms with Crippen molar-refractivity contribution in [3.63, 3.8) is 0 Å². The predicted octanol–water partition coefficient (Wildman–Crippen LogP) is 0.155. The molecular formula is C9H13BO5. The van der Waals surface area contributed by atoms with Gasteiger partial charge in [-0.15, -0.1) is 0 Å². The Morgan fingerprint density at radius 1 is 1.20 bits per heavy atom. The van der Waals surface area contributed by atoms with Gasteiger partial charge in [0.1, 0.15) is 12.5 Å². The van der Waals surface area contributed by atoms with E-state index in [1.54, 1.807) is 7.11 Å². The second-order valence-electron chi connectivity index (χ2n) is 2.81. The van der Waals surface area contributed by atoms with Gasteiger partial charge in [-0.25, -0.2) is 0 Å². The summed E-state index contributed by atoms with van der Waals surface area (Å²) in [5.41, 5.74) is 0.951. The first-order chi connectivity index (χ1) is 7.22. The first-order valence-electron chi connectivity index (χ1n) is 4.41. The van der Waals surface area contributed by atoms with Gasteiger partial charge in [-0.3, -0.25) is 0 Å². The molecule has 82 valence electrons. The maximum atomic E-state index is 8.35. The van der Waals surface area contributed by atoms with Crippen molar-refractivity contribution < 1.29 is 24.2 Å². The molecule has 0 aliphatic carbocycles. The van der Waals surface area contributed by atoms with Crippen molar-refractivity contribution in [3.05, 3.63) is 29.8 Å². The fraction of sp³-hybridized carbons (Fsp3) is 0.333. The minimum absolute atomic E-state index is 0.163. The lowest BCUT2D eigenvalue weighted by Gasteiger charge is -2.05. The molecular weight excluding hydrogens is 199 g/mol. The highest BCUT2D eigenvalue weighted by molar-refractivity contribution is 6.32. The van der Waals surface area contributed by atoms with E-state index in [1.807, 2.05) is 24.3 Å². The number of benzene rings is 1. The Balaban J connectivity index is 2.25. The molecule has 0 saturated heterocycles. The van der Waals surface area contributed by atoms with Crippen molar-refractivity contribution in [1.82, 2.24) is 0 Å². The van der Waals surface area contributed by atoms with Crippen LogP contribution in [-0.4, -0.2) is 31.3 Å². The predicted molar refractivity (Wildman–Crippen MR) is 53.9 cm³/mol. The van der Waals surface area contributed by atoms with Crippen molar-refractivity contribution >= 4 is 7.32 Å². The molecule has 0 atom stereocenters. The average Bonchev–Trinajstić information content (AvgIpc) is 2.25. The largest absolute Gasteiger partial charge is 0.635 e. The fourth-order valence-electron chi connectivity index (χ4n) is 0.990. The zero-order valence-electron chi connectivity index (χ0n) is 8.42. The Morgan fingerprint density at radius 2 is 1.87 bits per heavy atom. The monoisotopic (exact) mass is 212 g/mol. The number of methoxy groups -OCH3 is 1. The maximum Gasteiger partial charge on any atom is 0.635 e. The molecule has 1 rings (SSSR count). The lowest BCUT2D eigenvalue weighted by atomic mass is 10.2. The highest BCUT2D eigenvalue weighted by atomic mass is 16.7. The quantitative estimate of drug-likeness (QED) is 0.399. The standard InChI is InChI=1S/C9H13BO5/c1-13-9-4-2-8(3-5-9)6-14-7-15-10(11)12/h2-5,11-12H,6-7H2,1H3. The molecule has 15 heavy (non-hydrogen) atoms. The molecule has 0 bridgehead atoms. The smallest absolute Gasteiger partial charge is 0.497 e. The molecule has 0 amide bonds. The molecule has 0 spiro atoms. The van der Waals surface area contributed by atoms with Crippen LogP contribution in [0.5, 0.6) is 5.75 Å². The second-order valence-corrected chi connectivity index (χ2v) is 2.81. The molecule has 5 nitrogen and oxygen atoms in total. The highest BCUT2D eigenvalue weighted by Crippen LogP contribution is 2.11. The van der Waals surface area contributed by atoms with Gasteiger partial charge in [0, 0.05) is 0 Å². The molecule has 0 fully saturated rings. The molecule has 0 aromatic heterocycles. The summed E-state index contributed by atoms with van der Waals surface area (Å²) < 4.78 is 14.4. The summed E-state index contributed by atoms with van der Waals surface area (Å²) in [6.45, 7) is 0.181. The van der Waals surface area contributed by atoms with E-state index in [9.17, 15) is 0 Å². The third-order valence-electron chi connectivity index (χ3n) is 1.73. The Hall–Kier alpha value is -1.08. The van der Waals surface area contributed by atoms with Gasteiger partial charge in [-0.05, 0) is 17.7 Å². The molecule has 0 heterocycles. The zero-order valence-corrected chi connectivity index (χ0v) is 8.42. The minimum Gasteiger partial charge on any atom is -0.497 e. The van der Waals surface area contributed by atoms with Gasteiger partial charge in [-0.1, -0.05) is 12.1 Å². The van der Waals surface area contributed by atoms with E-state index in [-0.39, 0.29) is 6.79 Å². The topological polar surface area (TPSA) is 68.2 Å². The van der Waals surface area contributed by atoms with Crippen LogP contribution in [0.1, 0.15) is 5.56 Å². The minimum atomic E-state index is -1.79. The Kier molecular flexibility index (Phi) is 5.13. The summed E-state index contributed by atoms with van der Waals surface area (Å²) in [6, 6.07) is 7.35. The zero-order chi connectivity index (χ0) is 11.1. The molecule has 0 radical (unpaired) electrons. The third kappa shape index (κ3) is 4.80. The van der Waals surface area contributed by atoms with Crippen molar-refractivity contribution in [3.8, 4) is 5.75 Å². The van der Waals surface area contributed by atoms with Crippen LogP contribution in [0.3, 0.4) is 0 Å². The summed E-state index contributed by atoms with van der Waals surface area (Å²) in [7, 11) is -0.192. The van der Waals surface area contributed by atoms with Crippen LogP contribution < -0.4 is 4.74 Å². The number of hydrogen-bond acceptors (Lipinski definition) is 5. The van der Waals surface area contributed by atoms with Gasteiger partial charge in [0.15, 0.2) is 0 Å². The fourth-order valence-corrected chi connectivity index (χ4v) is 0.990. The van der Waals surface area contributed by atoms with Crippen molar-refractivity contribution in [2.24, 2.45) is 0 Å². The van der Waals surface area contributed by atoms with Crippen LogP contribution in [-0.2, 0) is 16.0 Å². The molecule has 1 aromatic carbocycles. The van der Waals surface area contributed by atoms with Crippen molar-refractivity contribution in [2.75, 3.05) is 13.9 Å². The maximum absolute atomic E-state index is 8.35. The lowest BCUT2D eigenvalue weighted by molar-refractivity contribution is -0.0196. The highest BCUT2D eigenvalue weighted by Gasteiger charge is 2.06. The van der Waals surface area contributed by atoms with Gasteiger partial charge in [0.05, 0.1) is 13.7 Å². The second kappa shape index (κ2) is 6.42. The van der Waals surface area contributed by atoms with Crippen LogP contribution in [0.4, 0.5) is 0 Å². The van der Waals surface area contributed by atoms with Crippen LogP contribution in [0.25, 0.3) is 0 Å². The van der Waals surface area contributed by atoms with E-state index < -0.39 is 7.32 Å². The average molecular weight is 212 g/mol. The first-order valence-corrected chi connectivity index (χ1v) is 4.41. The lowest BCUT2D eigenvalue weighted by Crippen LogP contribution is -2.18. The summed E-state index contributed by atoms with van der Waals surface area (Å²) in [5.74, 6) is 0.779. The molecule has 0 unspecified atom stereocenters. The van der Waals surface area contributed by atoms with E-state index in [0.717, 1.165) is 11.3 Å². The van der Waals surface area contributed by atoms with Gasteiger partial charge in [0.25, 0.3) is 0 Å². The van der Waals surface area contributed by atoms with Crippen molar-refractivity contribution in [2.45, 2.75) is 6.61 Å². The summed E-state index contributed by atoms with van der Waals surface area (Å²) >= 11 is 0. The third-order valence-corrected chi connectivity index (χ3v) is 1.73. The van der Waals surface area contributed by atoms with E-state index in [1.165, 1.54) is 0 Å². The van der Waals surface area contributed by atoms with Crippen molar-refractivity contribution in [1.29, 1.82) is 0 Å². The first kappa shape index (κ1) is 12.0. The molecule has 0 aliphatic rings.